The van der Waals surface area contributed by atoms with Crippen LogP contribution in [0.15, 0.2) is 0 Å². The highest BCUT2D eigenvalue weighted by Gasteiger charge is 2.33. The number of nitrogens with one attached hydrogen (secondary N) is 1. The van der Waals surface area contributed by atoms with Crippen LogP contribution < -0.4 is 5.32 Å². The van der Waals surface area contributed by atoms with Crippen molar-refractivity contribution in [2.45, 2.75) is 44.3 Å². The molecule has 0 aromatic heterocycles. The van der Waals surface area contributed by atoms with Crippen LogP contribution in [0.2, 0.25) is 0 Å². The summed E-state index contributed by atoms with van der Waals surface area (Å²) in [6.07, 6.45) is 5.09. The molecule has 108 valence electrons. The second-order valence-electron chi connectivity index (χ2n) is 5.34. The Bertz CT molecular complexity index is 335. The maximum Gasteiger partial charge on any atom is 0.235 e. The number of amides is 2. The Kier molecular flexibility index (Phi) is 5.55. The minimum Gasteiger partial charge on any atom is -0.355 e. The molecule has 2 aliphatic heterocycles. The maximum absolute atomic E-state index is 12.5. The molecule has 2 aliphatic rings. The molecule has 0 aromatic rings. The van der Waals surface area contributed by atoms with Gasteiger partial charge in [0.25, 0.3) is 0 Å². The van der Waals surface area contributed by atoms with Crippen molar-refractivity contribution >= 4 is 23.6 Å². The monoisotopic (exact) mass is 284 g/mol. The van der Waals surface area contributed by atoms with Gasteiger partial charge in [0.1, 0.15) is 5.92 Å². The van der Waals surface area contributed by atoms with Crippen LogP contribution in [-0.2, 0) is 9.59 Å². The van der Waals surface area contributed by atoms with Gasteiger partial charge in [-0.25, -0.2) is 0 Å². The lowest BCUT2D eigenvalue weighted by molar-refractivity contribution is -0.143. The normalized spacial score (nSPS) is 28.7. The van der Waals surface area contributed by atoms with Crippen molar-refractivity contribution in [2.75, 3.05) is 25.4 Å². The third-order valence-electron chi connectivity index (χ3n) is 3.93. The molecule has 2 atom stereocenters. The molecule has 0 aromatic carbocycles. The number of likely N-dealkylation sites (tertiary alicyclic amines) is 1. The number of hydrogen-bond donors (Lipinski definition) is 1. The molecule has 2 saturated heterocycles. The molecule has 4 nitrogen and oxygen atoms in total. The average Bonchev–Trinajstić information content (AvgIpc) is 2.65. The Labute approximate surface area is 119 Å². The van der Waals surface area contributed by atoms with E-state index in [2.05, 4.69) is 12.2 Å². The minimum atomic E-state index is -0.431. The highest BCUT2D eigenvalue weighted by molar-refractivity contribution is 7.99. The first-order valence-electron chi connectivity index (χ1n) is 7.40. The lowest BCUT2D eigenvalue weighted by Crippen LogP contribution is -2.48. The molecular weight excluding hydrogens is 260 g/mol. The molecule has 2 heterocycles. The van der Waals surface area contributed by atoms with Crippen molar-refractivity contribution in [3.63, 3.8) is 0 Å². The third-order valence-corrected chi connectivity index (χ3v) is 5.12. The Balaban J connectivity index is 1.97. The minimum absolute atomic E-state index is 0.0563. The predicted octanol–water partition coefficient (Wildman–Crippen LogP) is 1.65. The zero-order chi connectivity index (χ0) is 13.7. The summed E-state index contributed by atoms with van der Waals surface area (Å²) in [7, 11) is 0. The molecule has 2 unspecified atom stereocenters. The van der Waals surface area contributed by atoms with E-state index in [-0.39, 0.29) is 11.8 Å². The van der Waals surface area contributed by atoms with Crippen molar-refractivity contribution in [1.29, 1.82) is 0 Å². The van der Waals surface area contributed by atoms with Gasteiger partial charge < -0.3 is 10.2 Å². The van der Waals surface area contributed by atoms with E-state index in [4.69, 9.17) is 0 Å². The summed E-state index contributed by atoms with van der Waals surface area (Å²) in [6.45, 7) is 4.53. The molecule has 0 radical (unpaired) electrons. The van der Waals surface area contributed by atoms with Crippen LogP contribution in [0.3, 0.4) is 0 Å². The molecule has 19 heavy (non-hydrogen) atoms. The molecule has 1 N–H and O–H groups in total. The second kappa shape index (κ2) is 7.17. The number of carbonyl (C=O) groups excluding carboxylic acids is 2. The van der Waals surface area contributed by atoms with Crippen molar-refractivity contribution in [2.24, 2.45) is 5.92 Å². The molecule has 0 saturated carbocycles. The Morgan fingerprint density at radius 2 is 2.21 bits per heavy atom. The molecule has 0 bridgehead atoms. The van der Waals surface area contributed by atoms with E-state index >= 15 is 0 Å². The van der Waals surface area contributed by atoms with Crippen LogP contribution in [0.5, 0.6) is 0 Å². The smallest absolute Gasteiger partial charge is 0.235 e. The van der Waals surface area contributed by atoms with Crippen molar-refractivity contribution in [3.05, 3.63) is 0 Å². The van der Waals surface area contributed by atoms with E-state index in [1.807, 2.05) is 16.7 Å². The molecule has 0 aliphatic carbocycles. The second-order valence-corrected chi connectivity index (χ2v) is 6.92. The van der Waals surface area contributed by atoms with Crippen LogP contribution in [0.1, 0.15) is 39.0 Å². The van der Waals surface area contributed by atoms with Crippen LogP contribution >= 0.6 is 11.8 Å². The number of thioether (sulfide) groups is 1. The van der Waals surface area contributed by atoms with Crippen LogP contribution in [0.25, 0.3) is 0 Å². The first-order chi connectivity index (χ1) is 9.22. The average molecular weight is 284 g/mol. The lowest BCUT2D eigenvalue weighted by atomic mass is 9.97. The zero-order valence-corrected chi connectivity index (χ0v) is 12.5. The number of nitrogens with zero attached hydrogens (tertiary/aromatic N) is 1. The first-order valence-corrected chi connectivity index (χ1v) is 8.45. The van der Waals surface area contributed by atoms with E-state index in [9.17, 15) is 9.59 Å². The molecule has 5 heteroatoms. The first kappa shape index (κ1) is 14.7. The molecular formula is C14H24N2O2S. The fourth-order valence-corrected chi connectivity index (χ4v) is 3.99. The van der Waals surface area contributed by atoms with Gasteiger partial charge in [0.15, 0.2) is 0 Å². The quantitative estimate of drug-likeness (QED) is 0.802. The number of piperidine rings is 1. The molecule has 0 spiro atoms. The van der Waals surface area contributed by atoms with Gasteiger partial charge in [-0.05, 0) is 31.4 Å². The van der Waals surface area contributed by atoms with E-state index in [0.29, 0.717) is 11.7 Å². The number of hydrogen-bond acceptors (Lipinski definition) is 3. The van der Waals surface area contributed by atoms with Gasteiger partial charge in [-0.2, -0.15) is 11.8 Å². The lowest BCUT2D eigenvalue weighted by Gasteiger charge is -2.29. The van der Waals surface area contributed by atoms with Crippen molar-refractivity contribution < 1.29 is 9.59 Å². The van der Waals surface area contributed by atoms with E-state index < -0.39 is 5.92 Å². The Morgan fingerprint density at radius 3 is 2.95 bits per heavy atom. The summed E-state index contributed by atoms with van der Waals surface area (Å²) in [4.78, 5) is 26.3. The number of rotatable bonds is 3. The summed E-state index contributed by atoms with van der Waals surface area (Å²) in [6, 6.07) is 0. The van der Waals surface area contributed by atoms with Crippen molar-refractivity contribution in [3.8, 4) is 0 Å². The standard InChI is InChI=1S/C14H24N2O2S/c1-2-19-11-6-3-4-9-16(10-11)14(18)12-7-5-8-15-13(12)17/h11-12H,2-10H2,1H3,(H,15,17). The van der Waals surface area contributed by atoms with Crippen LogP contribution in [0, 0.1) is 5.92 Å². The SMILES string of the molecule is CCSC1CCCCN(C(=O)C2CCCNC2=O)C1. The van der Waals surface area contributed by atoms with Gasteiger partial charge in [0.05, 0.1) is 0 Å². The maximum atomic E-state index is 12.5. The van der Waals surface area contributed by atoms with Gasteiger partial charge in [-0.1, -0.05) is 13.3 Å². The highest BCUT2D eigenvalue weighted by atomic mass is 32.2. The molecule has 2 amide bonds. The zero-order valence-electron chi connectivity index (χ0n) is 11.7. The van der Waals surface area contributed by atoms with Crippen molar-refractivity contribution in [1.82, 2.24) is 10.2 Å². The summed E-state index contributed by atoms with van der Waals surface area (Å²) < 4.78 is 0. The van der Waals surface area contributed by atoms with Crippen LogP contribution in [0.4, 0.5) is 0 Å². The summed E-state index contributed by atoms with van der Waals surface area (Å²) in [5, 5.41) is 3.36. The fourth-order valence-electron chi connectivity index (χ4n) is 2.90. The van der Waals surface area contributed by atoms with Gasteiger partial charge in [-0.15, -0.1) is 0 Å². The summed E-state index contributed by atoms with van der Waals surface area (Å²) in [5.74, 6) is 0.650. The Morgan fingerprint density at radius 1 is 1.37 bits per heavy atom. The van der Waals surface area contributed by atoms with Gasteiger partial charge in [0, 0.05) is 24.9 Å². The topological polar surface area (TPSA) is 49.4 Å². The third kappa shape index (κ3) is 3.88. The number of carbonyl (C=O) groups is 2. The van der Waals surface area contributed by atoms with E-state index in [0.717, 1.165) is 38.2 Å². The Hall–Kier alpha value is -0.710. The molecule has 2 rings (SSSR count). The van der Waals surface area contributed by atoms with E-state index in [1.165, 1.54) is 12.8 Å². The summed E-state index contributed by atoms with van der Waals surface area (Å²) in [5.41, 5.74) is 0. The van der Waals surface area contributed by atoms with Gasteiger partial charge in [-0.3, -0.25) is 9.59 Å². The fraction of sp³-hybridized carbons (Fsp3) is 0.857. The summed E-state index contributed by atoms with van der Waals surface area (Å²) >= 11 is 1.94. The van der Waals surface area contributed by atoms with E-state index in [1.54, 1.807) is 0 Å². The molecule has 2 fully saturated rings. The van der Waals surface area contributed by atoms with Gasteiger partial charge >= 0.3 is 0 Å². The predicted molar refractivity (Wildman–Crippen MR) is 78.1 cm³/mol. The van der Waals surface area contributed by atoms with Gasteiger partial charge in [0.2, 0.25) is 11.8 Å². The van der Waals surface area contributed by atoms with Crippen LogP contribution in [-0.4, -0.2) is 47.4 Å². The highest BCUT2D eigenvalue weighted by Crippen LogP contribution is 2.24. The largest absolute Gasteiger partial charge is 0.355 e.